The second-order valence-electron chi connectivity index (χ2n) is 7.72. The number of likely N-dealkylation sites (N-methyl/N-ethyl adjacent to an activating group) is 1. The minimum absolute atomic E-state index is 0.00669. The number of hydrogen-bond acceptors (Lipinski definition) is 4. The summed E-state index contributed by atoms with van der Waals surface area (Å²) < 4.78 is 28.2. The summed E-state index contributed by atoms with van der Waals surface area (Å²) >= 11 is 12.4. The van der Waals surface area contributed by atoms with Crippen molar-refractivity contribution in [1.29, 1.82) is 0 Å². The maximum atomic E-state index is 13.6. The van der Waals surface area contributed by atoms with Crippen LogP contribution in [0.3, 0.4) is 0 Å². The van der Waals surface area contributed by atoms with Gasteiger partial charge in [0.1, 0.15) is 12.6 Å². The Morgan fingerprint density at radius 2 is 1.54 bits per heavy atom. The minimum atomic E-state index is -4.18. The van der Waals surface area contributed by atoms with Crippen LogP contribution >= 0.6 is 23.2 Å². The quantitative estimate of drug-likeness (QED) is 0.442. The summed E-state index contributed by atoms with van der Waals surface area (Å²) in [5.41, 5.74) is 0.888. The van der Waals surface area contributed by atoms with Crippen molar-refractivity contribution in [1.82, 2.24) is 10.2 Å². The van der Waals surface area contributed by atoms with Gasteiger partial charge in [0, 0.05) is 18.6 Å². The molecule has 0 saturated heterocycles. The molecule has 0 aliphatic rings. The van der Waals surface area contributed by atoms with Gasteiger partial charge in [-0.2, -0.15) is 0 Å². The molecule has 1 N–H and O–H groups in total. The maximum Gasteiger partial charge on any atom is 0.264 e. The van der Waals surface area contributed by atoms with Crippen molar-refractivity contribution in [2.24, 2.45) is 0 Å². The van der Waals surface area contributed by atoms with Crippen molar-refractivity contribution in [2.45, 2.75) is 24.4 Å². The minimum Gasteiger partial charge on any atom is -0.357 e. The van der Waals surface area contributed by atoms with Crippen LogP contribution in [0.2, 0.25) is 10.0 Å². The average Bonchev–Trinajstić information content (AvgIpc) is 2.86. The Balaban J connectivity index is 2.05. The van der Waals surface area contributed by atoms with Gasteiger partial charge in [0.2, 0.25) is 11.8 Å². The van der Waals surface area contributed by atoms with Crippen molar-refractivity contribution < 1.29 is 18.0 Å². The van der Waals surface area contributed by atoms with E-state index in [0.717, 1.165) is 9.87 Å². The van der Waals surface area contributed by atoms with Crippen molar-refractivity contribution in [2.75, 3.05) is 17.9 Å². The molecule has 2 amide bonds. The predicted molar refractivity (Wildman–Crippen MR) is 138 cm³/mol. The van der Waals surface area contributed by atoms with E-state index in [0.29, 0.717) is 5.02 Å². The van der Waals surface area contributed by atoms with Crippen LogP contribution in [0.15, 0.2) is 83.8 Å². The summed E-state index contributed by atoms with van der Waals surface area (Å²) in [7, 11) is -2.71. The molecule has 184 valence electrons. The molecule has 1 unspecified atom stereocenters. The number of halogens is 2. The number of nitrogens with one attached hydrogen (secondary N) is 1. The monoisotopic (exact) mass is 533 g/mol. The fourth-order valence-electron chi connectivity index (χ4n) is 3.49. The van der Waals surface area contributed by atoms with Crippen LogP contribution < -0.4 is 9.62 Å². The molecule has 7 nitrogen and oxygen atoms in total. The van der Waals surface area contributed by atoms with E-state index in [2.05, 4.69) is 5.32 Å². The van der Waals surface area contributed by atoms with Crippen LogP contribution in [0, 0.1) is 0 Å². The molecular weight excluding hydrogens is 509 g/mol. The molecule has 3 aromatic carbocycles. The summed E-state index contributed by atoms with van der Waals surface area (Å²) in [5.74, 6) is -0.952. The van der Waals surface area contributed by atoms with Crippen molar-refractivity contribution >= 4 is 50.7 Å². The predicted octanol–water partition coefficient (Wildman–Crippen LogP) is 4.35. The van der Waals surface area contributed by atoms with Gasteiger partial charge in [-0.25, -0.2) is 8.42 Å². The lowest BCUT2D eigenvalue weighted by Crippen LogP contribution is -2.50. The molecule has 0 radical (unpaired) electrons. The van der Waals surface area contributed by atoms with E-state index in [1.165, 1.54) is 42.3 Å². The highest BCUT2D eigenvalue weighted by molar-refractivity contribution is 7.92. The van der Waals surface area contributed by atoms with E-state index in [9.17, 15) is 18.0 Å². The average molecular weight is 534 g/mol. The van der Waals surface area contributed by atoms with Crippen LogP contribution in [-0.2, 0) is 26.2 Å². The third kappa shape index (κ3) is 6.33. The van der Waals surface area contributed by atoms with Crippen LogP contribution in [0.1, 0.15) is 12.5 Å². The second kappa shape index (κ2) is 11.6. The summed E-state index contributed by atoms with van der Waals surface area (Å²) in [6, 6.07) is 20.4. The maximum absolute atomic E-state index is 13.6. The zero-order valence-electron chi connectivity index (χ0n) is 19.2. The number of sulfonamides is 1. The Labute approximate surface area is 215 Å². The molecular formula is C25H25Cl2N3O4S. The number of amides is 2. The number of anilines is 1. The normalized spacial score (nSPS) is 12.0. The molecule has 0 fully saturated rings. The van der Waals surface area contributed by atoms with Gasteiger partial charge in [0.15, 0.2) is 0 Å². The van der Waals surface area contributed by atoms with Gasteiger partial charge in [-0.15, -0.1) is 0 Å². The molecule has 35 heavy (non-hydrogen) atoms. The zero-order chi connectivity index (χ0) is 25.6. The van der Waals surface area contributed by atoms with Gasteiger partial charge in [-0.1, -0.05) is 71.7 Å². The van der Waals surface area contributed by atoms with Crippen molar-refractivity contribution in [3.8, 4) is 0 Å². The number of hydrogen-bond donors (Lipinski definition) is 1. The van der Waals surface area contributed by atoms with E-state index >= 15 is 0 Å². The number of nitrogens with zero attached hydrogens (tertiary/aromatic N) is 2. The molecule has 0 bridgehead atoms. The van der Waals surface area contributed by atoms with Gasteiger partial charge in [-0.3, -0.25) is 13.9 Å². The second-order valence-corrected chi connectivity index (χ2v) is 10.4. The number of rotatable bonds is 9. The third-order valence-electron chi connectivity index (χ3n) is 5.40. The molecule has 0 aromatic heterocycles. The molecule has 1 atom stereocenters. The van der Waals surface area contributed by atoms with Gasteiger partial charge < -0.3 is 10.2 Å². The summed E-state index contributed by atoms with van der Waals surface area (Å²) in [6.07, 6.45) is 0. The largest absolute Gasteiger partial charge is 0.357 e. The molecule has 10 heteroatoms. The Kier molecular flexibility index (Phi) is 8.77. The third-order valence-corrected chi connectivity index (χ3v) is 7.71. The van der Waals surface area contributed by atoms with E-state index in [1.807, 2.05) is 30.3 Å². The van der Waals surface area contributed by atoms with Crippen molar-refractivity contribution in [3.63, 3.8) is 0 Å². The van der Waals surface area contributed by atoms with Gasteiger partial charge in [-0.05, 0) is 42.8 Å². The fourth-order valence-corrected chi connectivity index (χ4v) is 5.50. The first-order chi connectivity index (χ1) is 16.6. The van der Waals surface area contributed by atoms with E-state index in [-0.39, 0.29) is 28.1 Å². The molecule has 0 saturated carbocycles. The summed E-state index contributed by atoms with van der Waals surface area (Å²) in [6.45, 7) is 1.12. The van der Waals surface area contributed by atoms with Crippen LogP contribution in [0.4, 0.5) is 5.69 Å². The number of benzene rings is 3. The highest BCUT2D eigenvalue weighted by atomic mass is 35.5. The first-order valence-electron chi connectivity index (χ1n) is 10.7. The molecule has 0 heterocycles. The lowest BCUT2D eigenvalue weighted by Gasteiger charge is -2.32. The number of carbonyl (C=O) groups excluding carboxylic acids is 2. The SMILES string of the molecule is CNC(=O)C(C)N(Cc1ccccc1)C(=O)CN(c1ccc(Cl)cc1Cl)S(=O)(=O)c1ccccc1. The topological polar surface area (TPSA) is 86.8 Å². The first-order valence-corrected chi connectivity index (χ1v) is 12.9. The van der Waals surface area contributed by atoms with Gasteiger partial charge >= 0.3 is 0 Å². The molecule has 0 aliphatic carbocycles. The first kappa shape index (κ1) is 26.5. The molecule has 0 aliphatic heterocycles. The molecule has 3 rings (SSSR count). The van der Waals surface area contributed by atoms with E-state index < -0.39 is 28.5 Å². The van der Waals surface area contributed by atoms with Crippen molar-refractivity contribution in [3.05, 3.63) is 94.5 Å². The summed E-state index contributed by atoms with van der Waals surface area (Å²) in [5, 5.41) is 2.93. The van der Waals surface area contributed by atoms with Gasteiger partial charge in [0.25, 0.3) is 10.0 Å². The van der Waals surface area contributed by atoms with Crippen LogP contribution in [-0.4, -0.2) is 44.8 Å². The Morgan fingerprint density at radius 3 is 2.11 bits per heavy atom. The lowest BCUT2D eigenvalue weighted by molar-refractivity contribution is -0.139. The standard InChI is InChI=1S/C25H25Cl2N3O4S/c1-18(25(32)28-2)29(16-19-9-5-3-6-10-19)24(31)17-30(23-14-13-20(26)15-22(23)27)35(33,34)21-11-7-4-8-12-21/h3-15,18H,16-17H2,1-2H3,(H,28,32). The zero-order valence-corrected chi connectivity index (χ0v) is 21.5. The molecule has 3 aromatic rings. The highest BCUT2D eigenvalue weighted by Crippen LogP contribution is 2.33. The smallest absolute Gasteiger partial charge is 0.264 e. The van der Waals surface area contributed by atoms with Crippen LogP contribution in [0.25, 0.3) is 0 Å². The lowest BCUT2D eigenvalue weighted by atomic mass is 10.1. The Bertz CT molecular complexity index is 1290. The number of carbonyl (C=O) groups is 2. The highest BCUT2D eigenvalue weighted by Gasteiger charge is 2.33. The van der Waals surface area contributed by atoms with Crippen LogP contribution in [0.5, 0.6) is 0 Å². The Hall–Kier alpha value is -3.07. The molecule has 0 spiro atoms. The van der Waals surface area contributed by atoms with E-state index in [4.69, 9.17) is 23.2 Å². The van der Waals surface area contributed by atoms with Gasteiger partial charge in [0.05, 0.1) is 15.6 Å². The van der Waals surface area contributed by atoms with E-state index in [1.54, 1.807) is 25.1 Å². The fraction of sp³-hybridized carbons (Fsp3) is 0.200. The Morgan fingerprint density at radius 1 is 0.943 bits per heavy atom. The summed E-state index contributed by atoms with van der Waals surface area (Å²) in [4.78, 5) is 27.4.